The zero-order chi connectivity index (χ0) is 23.1. The van der Waals surface area contributed by atoms with E-state index in [2.05, 4.69) is 20.5 Å². The second-order valence-corrected chi connectivity index (χ2v) is 10.5. The Hall–Kier alpha value is -2.45. The zero-order valence-electron chi connectivity index (χ0n) is 17.0. The highest BCUT2D eigenvalue weighted by Crippen LogP contribution is 2.37. The van der Waals surface area contributed by atoms with Crippen molar-refractivity contribution in [3.05, 3.63) is 104 Å². The molecule has 0 aliphatic carbocycles. The number of rotatable bonds is 4. The topological polar surface area (TPSA) is 25.2 Å². The summed E-state index contributed by atoms with van der Waals surface area (Å²) in [6.45, 7) is 0.479. The van der Waals surface area contributed by atoms with E-state index in [1.54, 1.807) is 11.0 Å². The third-order valence-electron chi connectivity index (χ3n) is 5.34. The van der Waals surface area contributed by atoms with Crippen molar-refractivity contribution in [3.8, 4) is 0 Å². The highest BCUT2D eigenvalue weighted by Gasteiger charge is 2.33. The summed E-state index contributed by atoms with van der Waals surface area (Å²) in [4.78, 5) is 15.3. The molecule has 1 fully saturated rings. The quantitative estimate of drug-likeness (QED) is 0.190. The van der Waals surface area contributed by atoms with E-state index in [1.807, 2.05) is 60.8 Å². The Morgan fingerprint density at radius 1 is 1.09 bits per heavy atom. The van der Waals surface area contributed by atoms with E-state index in [4.69, 9.17) is 23.8 Å². The number of fused-ring (bicyclic) bond motifs is 1. The van der Waals surface area contributed by atoms with Crippen molar-refractivity contribution in [1.82, 2.24) is 4.57 Å². The molecule has 0 bridgehead atoms. The van der Waals surface area contributed by atoms with Gasteiger partial charge in [0.1, 0.15) is 5.82 Å². The van der Waals surface area contributed by atoms with Gasteiger partial charge in [-0.3, -0.25) is 9.69 Å². The number of thiocarbonyl (C=S) groups is 1. The maximum absolute atomic E-state index is 13.5. The molecule has 4 aromatic rings. The van der Waals surface area contributed by atoms with Gasteiger partial charge in [0.25, 0.3) is 5.91 Å². The lowest BCUT2D eigenvalue weighted by atomic mass is 10.1. The van der Waals surface area contributed by atoms with Gasteiger partial charge in [-0.1, -0.05) is 75.8 Å². The van der Waals surface area contributed by atoms with E-state index in [-0.39, 0.29) is 11.7 Å². The molecule has 3 aromatic carbocycles. The van der Waals surface area contributed by atoms with Crippen LogP contribution in [-0.2, 0) is 11.3 Å². The van der Waals surface area contributed by atoms with Crippen LogP contribution < -0.4 is 4.90 Å². The van der Waals surface area contributed by atoms with Crippen molar-refractivity contribution in [2.24, 2.45) is 0 Å². The van der Waals surface area contributed by atoms with Crippen molar-refractivity contribution in [2.75, 3.05) is 4.90 Å². The third-order valence-corrected chi connectivity index (χ3v) is 7.52. The van der Waals surface area contributed by atoms with Crippen LogP contribution in [0.15, 0.2) is 82.3 Å². The number of carbonyl (C=O) groups excluding carboxylic acids is 1. The fourth-order valence-electron chi connectivity index (χ4n) is 3.78. The van der Waals surface area contributed by atoms with E-state index in [9.17, 15) is 9.18 Å². The highest BCUT2D eigenvalue weighted by atomic mass is 79.9. The van der Waals surface area contributed by atoms with E-state index in [1.165, 1.54) is 23.9 Å². The lowest BCUT2D eigenvalue weighted by Gasteiger charge is -2.14. The highest BCUT2D eigenvalue weighted by molar-refractivity contribution is 9.10. The summed E-state index contributed by atoms with van der Waals surface area (Å²) in [6.07, 6.45) is 3.86. The summed E-state index contributed by atoms with van der Waals surface area (Å²) in [5.41, 5.74) is 3.44. The molecule has 5 rings (SSSR count). The average Bonchev–Trinajstić information content (AvgIpc) is 3.28. The van der Waals surface area contributed by atoms with Crippen LogP contribution >= 0.6 is 51.5 Å². The number of aromatic nitrogens is 1. The molecule has 3 nitrogen and oxygen atoms in total. The molecule has 0 spiro atoms. The molecule has 2 heterocycles. The Morgan fingerprint density at radius 3 is 2.61 bits per heavy atom. The normalized spacial score (nSPS) is 15.2. The summed E-state index contributed by atoms with van der Waals surface area (Å²) >= 11 is 16.5. The lowest BCUT2D eigenvalue weighted by Crippen LogP contribution is -2.27. The first-order chi connectivity index (χ1) is 15.9. The molecular weight excluding hydrogens is 543 g/mol. The number of halogens is 3. The Balaban J connectivity index is 1.52. The predicted octanol–water partition coefficient (Wildman–Crippen LogP) is 7.65. The molecule has 0 radical (unpaired) electrons. The SMILES string of the molecule is O=C1/C(=C/c2cn(Cc3ccc(F)cc3Cl)c3ccccc23)SC(=S)N1c1ccc(Br)cc1. The first-order valence-corrected chi connectivity index (χ1v) is 12.4. The second kappa shape index (κ2) is 9.06. The van der Waals surface area contributed by atoms with E-state index in [0.717, 1.165) is 32.2 Å². The van der Waals surface area contributed by atoms with E-state index >= 15 is 0 Å². The number of nitrogens with zero attached hydrogens (tertiary/aromatic N) is 2. The summed E-state index contributed by atoms with van der Waals surface area (Å²) < 4.78 is 16.9. The summed E-state index contributed by atoms with van der Waals surface area (Å²) in [6, 6.07) is 19.8. The van der Waals surface area contributed by atoms with Gasteiger partial charge in [0, 0.05) is 38.7 Å². The summed E-state index contributed by atoms with van der Waals surface area (Å²) in [7, 11) is 0. The zero-order valence-corrected chi connectivity index (χ0v) is 20.9. The first-order valence-electron chi connectivity index (χ1n) is 9.96. The first kappa shape index (κ1) is 22.3. The predicted molar refractivity (Wildman–Crippen MR) is 142 cm³/mol. The van der Waals surface area contributed by atoms with Gasteiger partial charge in [-0.2, -0.15) is 0 Å². The molecule has 0 N–H and O–H groups in total. The van der Waals surface area contributed by atoms with Crippen molar-refractivity contribution in [3.63, 3.8) is 0 Å². The summed E-state index contributed by atoms with van der Waals surface area (Å²) in [5, 5.41) is 1.38. The van der Waals surface area contributed by atoms with Gasteiger partial charge in [0.15, 0.2) is 4.32 Å². The second-order valence-electron chi connectivity index (χ2n) is 7.46. The number of thioether (sulfide) groups is 1. The van der Waals surface area contributed by atoms with E-state index in [0.29, 0.717) is 20.8 Å². The molecular formula is C25H15BrClFN2OS2. The molecule has 33 heavy (non-hydrogen) atoms. The number of hydrogen-bond donors (Lipinski definition) is 0. The molecule has 0 atom stereocenters. The maximum Gasteiger partial charge on any atom is 0.270 e. The van der Waals surface area contributed by atoms with Crippen LogP contribution in [-0.4, -0.2) is 14.8 Å². The standard InChI is InChI=1S/C25H15BrClFN2OS2/c26-17-6-9-19(10-7-17)30-24(31)23(33-25(30)32)11-16-14-29(22-4-2-1-3-20(16)22)13-15-5-8-18(28)12-21(15)27/h1-12,14H,13H2/b23-11-. The van der Waals surface area contributed by atoms with Crippen LogP contribution in [0.4, 0.5) is 10.1 Å². The van der Waals surface area contributed by atoms with Crippen LogP contribution in [0.5, 0.6) is 0 Å². The molecule has 1 saturated heterocycles. The number of amides is 1. The maximum atomic E-state index is 13.5. The Kier molecular flexibility index (Phi) is 6.14. The molecule has 0 saturated carbocycles. The van der Waals surface area contributed by atoms with Crippen LogP contribution in [0.25, 0.3) is 17.0 Å². The average molecular weight is 558 g/mol. The molecule has 8 heteroatoms. The van der Waals surface area contributed by atoms with Gasteiger partial charge in [0.2, 0.25) is 0 Å². The van der Waals surface area contributed by atoms with E-state index < -0.39 is 0 Å². The minimum atomic E-state index is -0.366. The van der Waals surface area contributed by atoms with Crippen molar-refractivity contribution in [1.29, 1.82) is 0 Å². The van der Waals surface area contributed by atoms with Crippen LogP contribution in [0.1, 0.15) is 11.1 Å². The summed E-state index contributed by atoms with van der Waals surface area (Å²) in [5.74, 6) is -0.514. The molecule has 1 aliphatic heterocycles. The van der Waals surface area contributed by atoms with Crippen molar-refractivity contribution >= 4 is 84.4 Å². The monoisotopic (exact) mass is 556 g/mol. The van der Waals surface area contributed by atoms with Gasteiger partial charge in [-0.25, -0.2) is 4.39 Å². The molecule has 0 unspecified atom stereocenters. The number of anilines is 1. The van der Waals surface area contributed by atoms with Crippen LogP contribution in [0.3, 0.4) is 0 Å². The molecule has 1 amide bonds. The smallest absolute Gasteiger partial charge is 0.270 e. The van der Waals surface area contributed by atoms with Crippen LogP contribution in [0.2, 0.25) is 5.02 Å². The Labute approximate surface area is 213 Å². The van der Waals surface area contributed by atoms with Gasteiger partial charge in [-0.15, -0.1) is 0 Å². The molecule has 1 aromatic heterocycles. The minimum Gasteiger partial charge on any atom is -0.342 e. The number of hydrogen-bond acceptors (Lipinski definition) is 3. The molecule has 1 aliphatic rings. The minimum absolute atomic E-state index is 0.147. The fraction of sp³-hybridized carbons (Fsp3) is 0.0400. The van der Waals surface area contributed by atoms with Gasteiger partial charge in [0.05, 0.1) is 10.6 Å². The number of benzene rings is 3. The van der Waals surface area contributed by atoms with Crippen molar-refractivity contribution < 1.29 is 9.18 Å². The van der Waals surface area contributed by atoms with Gasteiger partial charge in [-0.05, 0) is 54.1 Å². The number of carbonyl (C=O) groups is 1. The molecule has 164 valence electrons. The number of para-hydroxylation sites is 1. The Bertz CT molecular complexity index is 1450. The van der Waals surface area contributed by atoms with Crippen molar-refractivity contribution in [2.45, 2.75) is 6.54 Å². The Morgan fingerprint density at radius 2 is 1.85 bits per heavy atom. The van der Waals surface area contributed by atoms with Gasteiger partial charge >= 0.3 is 0 Å². The van der Waals surface area contributed by atoms with Crippen LogP contribution in [0, 0.1) is 5.82 Å². The van der Waals surface area contributed by atoms with Gasteiger partial charge < -0.3 is 4.57 Å². The third kappa shape index (κ3) is 4.38. The lowest BCUT2D eigenvalue weighted by molar-refractivity contribution is -0.113. The largest absolute Gasteiger partial charge is 0.342 e. The fourth-order valence-corrected chi connectivity index (χ4v) is 5.56.